The molecule has 0 unspecified atom stereocenters. The first kappa shape index (κ1) is 33.0. The normalized spacial score (nSPS) is 24.7. The van der Waals surface area contributed by atoms with Gasteiger partial charge in [-0.3, -0.25) is 19.2 Å². The van der Waals surface area contributed by atoms with E-state index in [0.29, 0.717) is 24.8 Å². The molecule has 6 atom stereocenters. The van der Waals surface area contributed by atoms with Gasteiger partial charge in [0.05, 0.1) is 36.1 Å². The zero-order valence-electron chi connectivity index (χ0n) is 26.6. The predicted octanol–water partition coefficient (Wildman–Crippen LogP) is 2.14. The van der Waals surface area contributed by atoms with Crippen molar-refractivity contribution in [3.63, 3.8) is 0 Å². The number of hydrogen-bond acceptors (Lipinski definition) is 9. The summed E-state index contributed by atoms with van der Waals surface area (Å²) < 4.78 is 13.7. The van der Waals surface area contributed by atoms with Gasteiger partial charge in [-0.15, -0.1) is 18.3 Å². The van der Waals surface area contributed by atoms with Crippen LogP contribution < -0.4 is 5.32 Å². The van der Waals surface area contributed by atoms with Gasteiger partial charge in [0.2, 0.25) is 17.7 Å². The first-order valence-electron chi connectivity index (χ1n) is 16.2. The predicted molar refractivity (Wildman–Crippen MR) is 174 cm³/mol. The molecule has 252 valence electrons. The molecule has 0 aliphatic carbocycles. The summed E-state index contributed by atoms with van der Waals surface area (Å²) in [6.45, 7) is 7.09. The van der Waals surface area contributed by atoms with Crippen molar-refractivity contribution in [2.45, 2.75) is 56.1 Å². The molecule has 2 aromatic carbocycles. The van der Waals surface area contributed by atoms with E-state index < -0.39 is 59.3 Å². The lowest BCUT2D eigenvalue weighted by atomic mass is 9.70. The number of carbonyl (C=O) groups is 4. The zero-order valence-corrected chi connectivity index (χ0v) is 26.6. The van der Waals surface area contributed by atoms with Crippen molar-refractivity contribution in [2.75, 3.05) is 26.3 Å². The van der Waals surface area contributed by atoms with Gasteiger partial charge < -0.3 is 29.7 Å². The van der Waals surface area contributed by atoms with Gasteiger partial charge in [-0.2, -0.15) is 0 Å². The van der Waals surface area contributed by atoms with Crippen LogP contribution in [-0.4, -0.2) is 97.6 Å². The van der Waals surface area contributed by atoms with Crippen LogP contribution in [0, 0.1) is 11.8 Å². The number of para-hydroxylation sites is 1. The number of ether oxygens (including phenoxy) is 2. The summed E-state index contributed by atoms with van der Waals surface area (Å²) in [7, 11) is 0. The fraction of sp³-hybridized carbons (Fsp3) is 0.429. The largest absolute Gasteiger partial charge is 0.463 e. The van der Waals surface area contributed by atoms with Crippen LogP contribution in [0.2, 0.25) is 0 Å². The van der Waals surface area contributed by atoms with Gasteiger partial charge >= 0.3 is 5.97 Å². The molecular weight excluding hydrogens is 616 g/mol. The summed E-state index contributed by atoms with van der Waals surface area (Å²) in [5, 5.41) is 21.4. The number of rotatable bonds is 15. The van der Waals surface area contributed by atoms with Crippen molar-refractivity contribution < 1.29 is 33.8 Å². The van der Waals surface area contributed by atoms with E-state index in [2.05, 4.69) is 28.8 Å². The molecule has 2 bridgehead atoms. The van der Waals surface area contributed by atoms with Crippen LogP contribution in [0.25, 0.3) is 11.0 Å². The van der Waals surface area contributed by atoms with E-state index in [1.807, 2.05) is 54.6 Å². The lowest BCUT2D eigenvalue weighted by Gasteiger charge is -2.36. The van der Waals surface area contributed by atoms with Crippen LogP contribution in [0.4, 0.5) is 0 Å². The van der Waals surface area contributed by atoms with Gasteiger partial charge in [0.1, 0.15) is 30.4 Å². The molecule has 13 heteroatoms. The Kier molecular flexibility index (Phi) is 9.69. The molecule has 3 aromatic rings. The van der Waals surface area contributed by atoms with E-state index in [0.717, 1.165) is 11.1 Å². The Balaban J connectivity index is 1.27. The summed E-state index contributed by atoms with van der Waals surface area (Å²) in [5.41, 5.74) is 0.875. The number of nitrogens with zero attached hydrogens (tertiary/aromatic N) is 5. The first-order valence-corrected chi connectivity index (χ1v) is 16.2. The van der Waals surface area contributed by atoms with Crippen molar-refractivity contribution in [2.24, 2.45) is 11.8 Å². The standard InChI is InChI=1S/C35H40N6O7/c1-3-5-15-28(43)47-21-25(23-11-7-6-8-12-23)36-32(44)29-27-16-17-35(48-27)30(29)33(45)40(19-20-42)31(35)34(46)39(18-4-2)22-41-26-14-10-9-13-24(26)37-38-41/h3-4,6-14,25,27,29-31,42H,1-2,5,15-22H2,(H,36,44)/t25-,27-,29+,30+,31-,35+/m1/s1. The number of allylic oxidation sites excluding steroid dienone is 1. The number of benzene rings is 2. The van der Waals surface area contributed by atoms with E-state index in [1.54, 1.807) is 16.8 Å². The number of hydrogen-bond donors (Lipinski definition) is 2. The number of amides is 3. The topological polar surface area (TPSA) is 156 Å². The fourth-order valence-corrected chi connectivity index (χ4v) is 7.45. The Labute approximate surface area is 278 Å². The number of aliphatic hydroxyl groups excluding tert-OH is 1. The second-order valence-corrected chi connectivity index (χ2v) is 12.4. The number of fused-ring (bicyclic) bond motifs is 2. The summed E-state index contributed by atoms with van der Waals surface area (Å²) in [6, 6.07) is 14.8. The molecule has 0 saturated carbocycles. The smallest absolute Gasteiger partial charge is 0.306 e. The summed E-state index contributed by atoms with van der Waals surface area (Å²) in [6.07, 6.45) is 4.14. The van der Waals surface area contributed by atoms with Gasteiger partial charge in [-0.1, -0.05) is 59.8 Å². The number of carbonyl (C=O) groups excluding carboxylic acids is 4. The Morgan fingerprint density at radius 2 is 1.92 bits per heavy atom. The number of esters is 1. The van der Waals surface area contributed by atoms with E-state index in [9.17, 15) is 24.3 Å². The van der Waals surface area contributed by atoms with Crippen LogP contribution in [-0.2, 0) is 35.3 Å². The number of β-amino-alcohol motifs (C(OH)–C–C–N with tert-alkyl or cyclic N) is 1. The Morgan fingerprint density at radius 3 is 2.67 bits per heavy atom. The van der Waals surface area contributed by atoms with Crippen molar-refractivity contribution in [3.8, 4) is 0 Å². The van der Waals surface area contributed by atoms with Crippen molar-refractivity contribution >= 4 is 34.7 Å². The maximum atomic E-state index is 14.5. The zero-order chi connectivity index (χ0) is 33.8. The molecule has 3 amide bonds. The first-order chi connectivity index (χ1) is 23.3. The summed E-state index contributed by atoms with van der Waals surface area (Å²) >= 11 is 0. The van der Waals surface area contributed by atoms with Gasteiger partial charge in [0, 0.05) is 19.5 Å². The third kappa shape index (κ3) is 5.99. The molecule has 1 aromatic heterocycles. The number of aliphatic hydroxyl groups is 1. The molecule has 4 heterocycles. The average Bonchev–Trinajstić information content (AvgIpc) is 3.85. The van der Waals surface area contributed by atoms with Gasteiger partial charge in [-0.05, 0) is 37.0 Å². The lowest BCUT2D eigenvalue weighted by Crippen LogP contribution is -2.57. The number of likely N-dealkylation sites (tertiary alicyclic amines) is 1. The summed E-state index contributed by atoms with van der Waals surface area (Å²) in [4.78, 5) is 58.1. The van der Waals surface area contributed by atoms with Crippen LogP contribution in [0.5, 0.6) is 0 Å². The lowest BCUT2D eigenvalue weighted by molar-refractivity contribution is -0.149. The highest BCUT2D eigenvalue weighted by Gasteiger charge is 2.74. The minimum absolute atomic E-state index is 0.0430. The molecule has 13 nitrogen and oxygen atoms in total. The Bertz CT molecular complexity index is 1690. The highest BCUT2D eigenvalue weighted by molar-refractivity contribution is 5.99. The van der Waals surface area contributed by atoms with Gasteiger partial charge in [0.25, 0.3) is 0 Å². The van der Waals surface area contributed by atoms with Crippen molar-refractivity contribution in [1.29, 1.82) is 0 Å². The fourth-order valence-electron chi connectivity index (χ4n) is 7.45. The Hall–Kier alpha value is -4.88. The monoisotopic (exact) mass is 656 g/mol. The van der Waals surface area contributed by atoms with Crippen LogP contribution >= 0.6 is 0 Å². The highest BCUT2D eigenvalue weighted by Crippen LogP contribution is 2.58. The molecule has 1 spiro atoms. The highest BCUT2D eigenvalue weighted by atomic mass is 16.5. The van der Waals surface area contributed by atoms with Gasteiger partial charge in [-0.25, -0.2) is 4.68 Å². The van der Waals surface area contributed by atoms with E-state index in [-0.39, 0.29) is 39.4 Å². The maximum absolute atomic E-state index is 14.5. The quantitative estimate of drug-likeness (QED) is 0.185. The molecule has 3 fully saturated rings. The maximum Gasteiger partial charge on any atom is 0.306 e. The third-order valence-corrected chi connectivity index (χ3v) is 9.55. The second kappa shape index (κ2) is 14.1. The molecule has 48 heavy (non-hydrogen) atoms. The molecule has 3 saturated heterocycles. The Morgan fingerprint density at radius 1 is 1.15 bits per heavy atom. The number of nitrogens with one attached hydrogen (secondary N) is 1. The van der Waals surface area contributed by atoms with Crippen LogP contribution in [0.3, 0.4) is 0 Å². The SMILES string of the molecule is C=CCCC(=O)OC[C@@H](NC(=O)[C@@H]1[C@H]2C(=O)N(CCO)[C@H](C(=O)N(CC=C)Cn3nnc4ccccc43)[C@]23CC[C@H]1O3)c1ccccc1. The molecule has 3 aliphatic rings. The van der Waals surface area contributed by atoms with Crippen LogP contribution in [0.1, 0.15) is 37.3 Å². The van der Waals surface area contributed by atoms with E-state index >= 15 is 0 Å². The van der Waals surface area contributed by atoms with Crippen molar-refractivity contribution in [1.82, 2.24) is 30.1 Å². The van der Waals surface area contributed by atoms with Gasteiger partial charge in [0.15, 0.2) is 0 Å². The minimum atomic E-state index is -1.26. The number of aromatic nitrogens is 3. The molecule has 0 radical (unpaired) electrons. The van der Waals surface area contributed by atoms with Crippen molar-refractivity contribution in [3.05, 3.63) is 85.5 Å². The van der Waals surface area contributed by atoms with E-state index in [4.69, 9.17) is 9.47 Å². The molecule has 3 aliphatic heterocycles. The second-order valence-electron chi connectivity index (χ2n) is 12.4. The summed E-state index contributed by atoms with van der Waals surface area (Å²) in [5.74, 6) is -3.48. The molecule has 2 N–H and O–H groups in total. The molecule has 6 rings (SSSR count). The third-order valence-electron chi connectivity index (χ3n) is 9.55. The minimum Gasteiger partial charge on any atom is -0.463 e. The van der Waals surface area contributed by atoms with Crippen LogP contribution in [0.15, 0.2) is 79.9 Å². The van der Waals surface area contributed by atoms with E-state index in [1.165, 1.54) is 9.80 Å². The average molecular weight is 657 g/mol. The molecular formula is C35H40N6O7.